The van der Waals surface area contributed by atoms with Crippen LogP contribution in [-0.4, -0.2) is 26.2 Å². The van der Waals surface area contributed by atoms with E-state index in [1.54, 1.807) is 19.1 Å². The first-order valence-electron chi connectivity index (χ1n) is 7.03. The summed E-state index contributed by atoms with van der Waals surface area (Å²) in [6.45, 7) is 0. The molecule has 3 rings (SSSR count). The number of ether oxygens (including phenoxy) is 2. The van der Waals surface area contributed by atoms with Gasteiger partial charge in [-0.15, -0.1) is 0 Å². The van der Waals surface area contributed by atoms with Crippen LogP contribution < -0.4 is 20.1 Å². The van der Waals surface area contributed by atoms with Gasteiger partial charge in [-0.05, 0) is 29.8 Å². The highest BCUT2D eigenvalue weighted by molar-refractivity contribution is 6.05. The monoisotopic (exact) mass is 298 g/mol. The largest absolute Gasteiger partial charge is 0.493 e. The van der Waals surface area contributed by atoms with Gasteiger partial charge < -0.3 is 20.1 Å². The molecule has 0 aliphatic carbocycles. The molecule has 22 heavy (non-hydrogen) atoms. The average Bonchev–Trinajstić information content (AvgIpc) is 2.58. The number of β-lactam (4-membered cyclic amide) rings is 1. The molecule has 0 aromatic heterocycles. The van der Waals surface area contributed by atoms with Crippen molar-refractivity contribution in [2.75, 3.05) is 19.1 Å². The van der Waals surface area contributed by atoms with Crippen LogP contribution in [0.3, 0.4) is 0 Å². The summed E-state index contributed by atoms with van der Waals surface area (Å²) in [5.74, 6) is 1.20. The Morgan fingerprint density at radius 1 is 1.00 bits per heavy atom. The summed E-state index contributed by atoms with van der Waals surface area (Å²) in [7, 11) is 3.18. The quantitative estimate of drug-likeness (QED) is 0.878. The molecule has 1 fully saturated rings. The number of carbonyl (C=O) groups excluding carboxylic acids is 1. The van der Waals surface area contributed by atoms with E-state index >= 15 is 0 Å². The summed E-state index contributed by atoms with van der Waals surface area (Å²) >= 11 is 0. The Balaban J connectivity index is 1.98. The van der Waals surface area contributed by atoms with E-state index in [2.05, 4.69) is 0 Å². The molecule has 0 radical (unpaired) electrons. The molecular formula is C17H18N2O3. The van der Waals surface area contributed by atoms with Gasteiger partial charge >= 0.3 is 0 Å². The third-order valence-electron chi connectivity index (χ3n) is 3.92. The maximum atomic E-state index is 12.2. The van der Waals surface area contributed by atoms with Crippen LogP contribution in [0.4, 0.5) is 5.69 Å². The second kappa shape index (κ2) is 5.69. The molecule has 2 N–H and O–H groups in total. The Hall–Kier alpha value is -2.53. The van der Waals surface area contributed by atoms with Crippen molar-refractivity contribution in [1.29, 1.82) is 0 Å². The predicted octanol–water partition coefficient (Wildman–Crippen LogP) is 2.12. The fourth-order valence-electron chi connectivity index (χ4n) is 2.78. The molecule has 1 aliphatic rings. The van der Waals surface area contributed by atoms with Crippen LogP contribution in [0, 0.1) is 0 Å². The molecule has 0 spiro atoms. The molecule has 5 heteroatoms. The Morgan fingerprint density at radius 2 is 1.68 bits per heavy atom. The Morgan fingerprint density at radius 3 is 2.32 bits per heavy atom. The highest BCUT2D eigenvalue weighted by atomic mass is 16.5. The molecule has 114 valence electrons. The molecular weight excluding hydrogens is 280 g/mol. The van der Waals surface area contributed by atoms with Gasteiger partial charge in [0.1, 0.15) is 6.04 Å². The van der Waals surface area contributed by atoms with Gasteiger partial charge in [0, 0.05) is 5.69 Å². The lowest BCUT2D eigenvalue weighted by Gasteiger charge is -2.45. The number of methoxy groups -OCH3 is 2. The molecule has 1 amide bonds. The first kappa shape index (κ1) is 14.4. The molecule has 2 atom stereocenters. The van der Waals surface area contributed by atoms with Gasteiger partial charge in [0.2, 0.25) is 5.91 Å². The average molecular weight is 298 g/mol. The maximum Gasteiger partial charge on any atom is 0.247 e. The van der Waals surface area contributed by atoms with Crippen LogP contribution in [0.2, 0.25) is 0 Å². The number of nitrogens with two attached hydrogens (primary N) is 1. The molecule has 1 heterocycles. The number of rotatable bonds is 4. The SMILES string of the molecule is COc1ccc(C2C(N)C(=O)N2c2ccccc2)cc1OC. The molecule has 0 saturated carbocycles. The number of anilines is 1. The third kappa shape index (κ3) is 2.19. The minimum Gasteiger partial charge on any atom is -0.493 e. The van der Waals surface area contributed by atoms with E-state index in [0.717, 1.165) is 11.3 Å². The van der Waals surface area contributed by atoms with Crippen molar-refractivity contribution in [3.8, 4) is 11.5 Å². The number of para-hydroxylation sites is 1. The van der Waals surface area contributed by atoms with Crippen molar-refractivity contribution in [3.63, 3.8) is 0 Å². The second-order valence-electron chi connectivity index (χ2n) is 5.13. The normalized spacial score (nSPS) is 20.5. The number of carbonyl (C=O) groups is 1. The molecule has 2 aromatic carbocycles. The van der Waals surface area contributed by atoms with E-state index in [-0.39, 0.29) is 11.9 Å². The van der Waals surface area contributed by atoms with Crippen LogP contribution in [0.25, 0.3) is 0 Å². The zero-order chi connectivity index (χ0) is 15.7. The molecule has 1 saturated heterocycles. The number of amides is 1. The third-order valence-corrected chi connectivity index (χ3v) is 3.92. The van der Waals surface area contributed by atoms with E-state index in [9.17, 15) is 4.79 Å². The Bertz CT molecular complexity index is 688. The lowest BCUT2D eigenvalue weighted by molar-refractivity contribution is -0.126. The number of nitrogens with zero attached hydrogens (tertiary/aromatic N) is 1. The van der Waals surface area contributed by atoms with Gasteiger partial charge in [-0.3, -0.25) is 4.79 Å². The fraction of sp³-hybridized carbons (Fsp3) is 0.235. The minimum atomic E-state index is -0.543. The van der Waals surface area contributed by atoms with Crippen molar-refractivity contribution in [2.24, 2.45) is 5.73 Å². The molecule has 1 aliphatic heterocycles. The Kier molecular flexibility index (Phi) is 3.73. The van der Waals surface area contributed by atoms with Gasteiger partial charge in [-0.1, -0.05) is 24.3 Å². The maximum absolute atomic E-state index is 12.2. The van der Waals surface area contributed by atoms with Crippen molar-refractivity contribution in [1.82, 2.24) is 0 Å². The van der Waals surface area contributed by atoms with E-state index in [0.29, 0.717) is 11.5 Å². The highest BCUT2D eigenvalue weighted by Crippen LogP contribution is 2.40. The predicted molar refractivity (Wildman–Crippen MR) is 84.2 cm³/mol. The van der Waals surface area contributed by atoms with Crippen molar-refractivity contribution in [3.05, 3.63) is 54.1 Å². The topological polar surface area (TPSA) is 64.8 Å². The van der Waals surface area contributed by atoms with Crippen molar-refractivity contribution in [2.45, 2.75) is 12.1 Å². The molecule has 2 aromatic rings. The fourth-order valence-corrected chi connectivity index (χ4v) is 2.78. The van der Waals surface area contributed by atoms with Crippen LogP contribution >= 0.6 is 0 Å². The lowest BCUT2D eigenvalue weighted by atomic mass is 9.88. The first-order valence-corrected chi connectivity index (χ1v) is 7.03. The van der Waals surface area contributed by atoms with Gasteiger partial charge in [0.15, 0.2) is 11.5 Å². The van der Waals surface area contributed by atoms with E-state index in [4.69, 9.17) is 15.2 Å². The Labute approximate surface area is 129 Å². The van der Waals surface area contributed by atoms with Gasteiger partial charge in [-0.25, -0.2) is 0 Å². The van der Waals surface area contributed by atoms with Gasteiger partial charge in [0.25, 0.3) is 0 Å². The number of hydrogen-bond acceptors (Lipinski definition) is 4. The van der Waals surface area contributed by atoms with Gasteiger partial charge in [-0.2, -0.15) is 0 Å². The minimum absolute atomic E-state index is 0.0778. The van der Waals surface area contributed by atoms with Crippen molar-refractivity contribution >= 4 is 11.6 Å². The summed E-state index contributed by atoms with van der Waals surface area (Å²) in [4.78, 5) is 13.9. The summed E-state index contributed by atoms with van der Waals surface area (Å²) < 4.78 is 10.6. The number of benzene rings is 2. The smallest absolute Gasteiger partial charge is 0.247 e. The zero-order valence-electron chi connectivity index (χ0n) is 12.5. The molecule has 5 nitrogen and oxygen atoms in total. The van der Waals surface area contributed by atoms with E-state index < -0.39 is 6.04 Å². The lowest BCUT2D eigenvalue weighted by Crippen LogP contribution is -2.63. The first-order chi connectivity index (χ1) is 10.7. The number of hydrogen-bond donors (Lipinski definition) is 1. The highest BCUT2D eigenvalue weighted by Gasteiger charge is 2.46. The summed E-state index contributed by atoms with van der Waals surface area (Å²) in [6.07, 6.45) is 0. The zero-order valence-corrected chi connectivity index (χ0v) is 12.5. The van der Waals surface area contributed by atoms with Crippen LogP contribution in [0.15, 0.2) is 48.5 Å². The van der Waals surface area contributed by atoms with E-state index in [1.807, 2.05) is 48.5 Å². The van der Waals surface area contributed by atoms with Crippen molar-refractivity contribution < 1.29 is 14.3 Å². The van der Waals surface area contributed by atoms with E-state index in [1.165, 1.54) is 0 Å². The molecule has 0 bridgehead atoms. The molecule has 2 unspecified atom stereocenters. The van der Waals surface area contributed by atoms with Crippen LogP contribution in [0.1, 0.15) is 11.6 Å². The summed E-state index contributed by atoms with van der Waals surface area (Å²) in [5.41, 5.74) is 7.79. The van der Waals surface area contributed by atoms with Crippen LogP contribution in [0.5, 0.6) is 11.5 Å². The standard InChI is InChI=1S/C17H18N2O3/c1-21-13-9-8-11(10-14(13)22-2)16-15(18)17(20)19(16)12-6-4-3-5-7-12/h3-10,15-16H,18H2,1-2H3. The van der Waals surface area contributed by atoms with Gasteiger partial charge in [0.05, 0.1) is 20.3 Å². The summed E-state index contributed by atoms with van der Waals surface area (Å²) in [5, 5.41) is 0. The second-order valence-corrected chi connectivity index (χ2v) is 5.13. The van der Waals surface area contributed by atoms with Crippen LogP contribution in [-0.2, 0) is 4.79 Å². The summed E-state index contributed by atoms with van der Waals surface area (Å²) in [6, 6.07) is 14.4.